The molecule has 0 N–H and O–H groups in total. The van der Waals surface area contributed by atoms with Crippen LogP contribution in [0.25, 0.3) is 27.9 Å². The van der Waals surface area contributed by atoms with Crippen LogP contribution in [0.15, 0.2) is 58.1 Å². The van der Waals surface area contributed by atoms with Gasteiger partial charge in [0.1, 0.15) is 0 Å². The van der Waals surface area contributed by atoms with E-state index in [9.17, 15) is 9.59 Å². The quantitative estimate of drug-likeness (QED) is 0.454. The molecule has 31 heavy (non-hydrogen) atoms. The first-order chi connectivity index (χ1) is 14.9. The predicted octanol–water partition coefficient (Wildman–Crippen LogP) is 2.44. The Balaban J connectivity index is 1.75. The molecule has 3 aromatic heterocycles. The molecular weight excluding hydrogens is 392 g/mol. The van der Waals surface area contributed by atoms with E-state index in [0.717, 1.165) is 27.7 Å². The van der Waals surface area contributed by atoms with Crippen LogP contribution in [-0.2, 0) is 20.6 Å². The predicted molar refractivity (Wildman–Crippen MR) is 120 cm³/mol. The van der Waals surface area contributed by atoms with E-state index in [1.54, 1.807) is 23.3 Å². The van der Waals surface area contributed by atoms with Crippen LogP contribution in [0.1, 0.15) is 17.0 Å². The third kappa shape index (κ3) is 2.83. The molecule has 0 saturated heterocycles. The molecule has 0 radical (unpaired) electrons. The zero-order valence-electron chi connectivity index (χ0n) is 17.8. The fourth-order valence-electron chi connectivity index (χ4n) is 4.19. The summed E-state index contributed by atoms with van der Waals surface area (Å²) in [6.07, 6.45) is 0. The number of rotatable bonds is 3. The molecular formula is C23H22N6O2. The van der Waals surface area contributed by atoms with E-state index in [0.29, 0.717) is 17.1 Å². The van der Waals surface area contributed by atoms with Gasteiger partial charge in [-0.2, -0.15) is 10.1 Å². The maximum atomic E-state index is 13.5. The molecule has 0 amide bonds. The molecule has 2 aromatic carbocycles. The van der Waals surface area contributed by atoms with Crippen LogP contribution in [0.3, 0.4) is 0 Å². The van der Waals surface area contributed by atoms with Crippen molar-refractivity contribution >= 4 is 21.9 Å². The molecule has 0 saturated carbocycles. The first-order valence-corrected chi connectivity index (χ1v) is 10.0. The van der Waals surface area contributed by atoms with E-state index < -0.39 is 5.69 Å². The Morgan fingerprint density at radius 2 is 1.68 bits per heavy atom. The van der Waals surface area contributed by atoms with Gasteiger partial charge in [0.2, 0.25) is 5.95 Å². The Bertz CT molecular complexity index is 1590. The molecule has 5 aromatic rings. The first-order valence-electron chi connectivity index (χ1n) is 10.0. The van der Waals surface area contributed by atoms with Gasteiger partial charge in [0.05, 0.1) is 12.2 Å². The minimum Gasteiger partial charge on any atom is -0.306 e. The van der Waals surface area contributed by atoms with Crippen LogP contribution in [0.4, 0.5) is 0 Å². The van der Waals surface area contributed by atoms with Crippen molar-refractivity contribution < 1.29 is 0 Å². The summed E-state index contributed by atoms with van der Waals surface area (Å²) in [5.74, 6) is 0.496. The lowest BCUT2D eigenvalue weighted by Crippen LogP contribution is -2.39. The Morgan fingerprint density at radius 1 is 0.935 bits per heavy atom. The van der Waals surface area contributed by atoms with Crippen molar-refractivity contribution in [2.75, 3.05) is 0 Å². The molecule has 0 bridgehead atoms. The molecule has 8 heteroatoms. The average molecular weight is 414 g/mol. The van der Waals surface area contributed by atoms with Gasteiger partial charge in [-0.25, -0.2) is 9.48 Å². The second kappa shape index (κ2) is 6.80. The molecule has 0 spiro atoms. The Kier molecular flexibility index (Phi) is 4.18. The van der Waals surface area contributed by atoms with E-state index in [2.05, 4.69) is 10.1 Å². The summed E-state index contributed by atoms with van der Waals surface area (Å²) in [6, 6.07) is 15.8. The fraction of sp³-hybridized carbons (Fsp3) is 0.217. The minimum absolute atomic E-state index is 0.184. The van der Waals surface area contributed by atoms with Gasteiger partial charge in [-0.1, -0.05) is 42.5 Å². The summed E-state index contributed by atoms with van der Waals surface area (Å²) in [6.45, 7) is 4.01. The summed E-state index contributed by atoms with van der Waals surface area (Å²) in [4.78, 5) is 31.2. The van der Waals surface area contributed by atoms with Crippen LogP contribution in [0.2, 0.25) is 0 Å². The van der Waals surface area contributed by atoms with Crippen molar-refractivity contribution in [1.82, 2.24) is 28.5 Å². The number of imidazole rings is 1. The summed E-state index contributed by atoms with van der Waals surface area (Å²) >= 11 is 0. The highest BCUT2D eigenvalue weighted by Crippen LogP contribution is 2.19. The maximum absolute atomic E-state index is 13.5. The lowest BCUT2D eigenvalue weighted by molar-refractivity contribution is 0.657. The Hall–Kier alpha value is -3.94. The van der Waals surface area contributed by atoms with E-state index in [1.165, 1.54) is 9.13 Å². The highest BCUT2D eigenvalue weighted by atomic mass is 16.2. The van der Waals surface area contributed by atoms with Crippen LogP contribution in [-0.4, -0.2) is 28.5 Å². The van der Waals surface area contributed by atoms with Gasteiger partial charge in [0, 0.05) is 19.8 Å². The Morgan fingerprint density at radius 3 is 2.42 bits per heavy atom. The average Bonchev–Trinajstić information content (AvgIpc) is 3.27. The summed E-state index contributed by atoms with van der Waals surface area (Å²) in [7, 11) is 3.41. The zero-order valence-corrected chi connectivity index (χ0v) is 17.8. The number of benzene rings is 2. The lowest BCUT2D eigenvalue weighted by Gasteiger charge is -2.11. The molecule has 0 unspecified atom stereocenters. The van der Waals surface area contributed by atoms with Crippen molar-refractivity contribution in [1.29, 1.82) is 0 Å². The molecule has 0 fully saturated rings. The summed E-state index contributed by atoms with van der Waals surface area (Å²) in [5, 5.41) is 6.57. The van der Waals surface area contributed by atoms with Crippen LogP contribution >= 0.6 is 0 Å². The molecule has 3 heterocycles. The van der Waals surface area contributed by atoms with Crippen molar-refractivity contribution in [3.05, 3.63) is 86.3 Å². The molecule has 0 aliphatic rings. The van der Waals surface area contributed by atoms with Gasteiger partial charge in [-0.05, 0) is 36.2 Å². The number of hydrogen-bond donors (Lipinski definition) is 0. The van der Waals surface area contributed by atoms with Crippen molar-refractivity contribution in [3.8, 4) is 5.95 Å². The summed E-state index contributed by atoms with van der Waals surface area (Å²) < 4.78 is 6.10. The van der Waals surface area contributed by atoms with Gasteiger partial charge in [-0.3, -0.25) is 13.9 Å². The normalized spacial score (nSPS) is 11.6. The van der Waals surface area contributed by atoms with Crippen LogP contribution in [0, 0.1) is 13.8 Å². The molecule has 0 atom stereocenters. The van der Waals surface area contributed by atoms with Crippen molar-refractivity contribution in [2.45, 2.75) is 20.4 Å². The fourth-order valence-corrected chi connectivity index (χ4v) is 4.19. The minimum atomic E-state index is -0.400. The van der Waals surface area contributed by atoms with Gasteiger partial charge in [0.15, 0.2) is 11.2 Å². The lowest BCUT2D eigenvalue weighted by atomic mass is 10.0. The van der Waals surface area contributed by atoms with Crippen molar-refractivity contribution in [3.63, 3.8) is 0 Å². The smallest absolute Gasteiger partial charge is 0.306 e. The third-order valence-electron chi connectivity index (χ3n) is 5.74. The Labute approximate surface area is 177 Å². The van der Waals surface area contributed by atoms with Gasteiger partial charge < -0.3 is 4.57 Å². The second-order valence-electron chi connectivity index (χ2n) is 7.85. The monoisotopic (exact) mass is 414 g/mol. The molecule has 0 aliphatic heterocycles. The topological polar surface area (TPSA) is 79.6 Å². The molecule has 156 valence electrons. The summed E-state index contributed by atoms with van der Waals surface area (Å²) in [5.41, 5.74) is 2.61. The number of nitrogens with zero attached hydrogens (tertiary/aromatic N) is 6. The zero-order chi connectivity index (χ0) is 21.9. The van der Waals surface area contributed by atoms with E-state index in [4.69, 9.17) is 0 Å². The van der Waals surface area contributed by atoms with Crippen LogP contribution < -0.4 is 11.2 Å². The highest BCUT2D eigenvalue weighted by Gasteiger charge is 2.21. The SMILES string of the molecule is Cc1cc(C)n(-c2nc3c(c(=O)n(Cc4cccc5ccccc45)c(=O)n3C)n2C)n1. The van der Waals surface area contributed by atoms with Gasteiger partial charge in [0.25, 0.3) is 5.56 Å². The highest BCUT2D eigenvalue weighted by molar-refractivity contribution is 5.85. The second-order valence-corrected chi connectivity index (χ2v) is 7.85. The van der Waals surface area contributed by atoms with E-state index >= 15 is 0 Å². The number of hydrogen-bond acceptors (Lipinski definition) is 4. The molecule has 0 aliphatic carbocycles. The van der Waals surface area contributed by atoms with Gasteiger partial charge in [-0.15, -0.1) is 0 Å². The number of aryl methyl sites for hydroxylation is 4. The third-order valence-corrected chi connectivity index (χ3v) is 5.74. The van der Waals surface area contributed by atoms with Crippen molar-refractivity contribution in [2.24, 2.45) is 14.1 Å². The number of fused-ring (bicyclic) bond motifs is 2. The standard InChI is InChI=1S/C23H22N6O2/c1-14-12-15(2)29(25-14)22-24-20-19(26(22)3)21(30)28(23(31)27(20)4)13-17-10-7-9-16-8-5-6-11-18(16)17/h5-12H,13H2,1-4H3. The van der Waals surface area contributed by atoms with E-state index in [1.807, 2.05) is 62.4 Å². The van der Waals surface area contributed by atoms with Gasteiger partial charge >= 0.3 is 5.69 Å². The number of aromatic nitrogens is 6. The van der Waals surface area contributed by atoms with E-state index in [-0.39, 0.29) is 12.1 Å². The largest absolute Gasteiger partial charge is 0.332 e. The molecule has 5 rings (SSSR count). The van der Waals surface area contributed by atoms with Crippen LogP contribution in [0.5, 0.6) is 0 Å². The molecule has 8 nitrogen and oxygen atoms in total. The first kappa shape index (κ1) is 19.0. The maximum Gasteiger partial charge on any atom is 0.332 e.